The van der Waals surface area contributed by atoms with Crippen LogP contribution in [0, 0.1) is 11.3 Å². The highest BCUT2D eigenvalue weighted by atomic mass is 28.3. The molecule has 1 aliphatic heterocycles. The molecule has 0 saturated carbocycles. The predicted molar refractivity (Wildman–Crippen MR) is 78.4 cm³/mol. The van der Waals surface area contributed by atoms with E-state index in [2.05, 4.69) is 33.9 Å². The number of amides is 1. The summed E-state index contributed by atoms with van der Waals surface area (Å²) in [5.74, 6) is -0.829. The molecule has 0 aromatic carbocycles. The van der Waals surface area contributed by atoms with E-state index in [1.54, 1.807) is 11.5 Å². The van der Waals surface area contributed by atoms with Gasteiger partial charge >= 0.3 is 5.97 Å². The van der Waals surface area contributed by atoms with Crippen LogP contribution in [0.2, 0.25) is 18.1 Å². The first-order chi connectivity index (χ1) is 8.29. The molecule has 1 heterocycles. The van der Waals surface area contributed by atoms with Crippen LogP contribution < -0.4 is 0 Å². The Kier molecular flexibility index (Phi) is 3.70. The van der Waals surface area contributed by atoms with Crippen LogP contribution in [-0.2, 0) is 9.59 Å². The molecule has 110 valence electrons. The molecule has 5 heteroatoms. The molecular weight excluding hydrogens is 258 g/mol. The number of aliphatic carboxylic acids is 1. The lowest BCUT2D eigenvalue weighted by atomic mass is 9.66. The number of carbonyl (C=O) groups excluding carboxylic acids is 1. The number of hydrogen-bond donors (Lipinski definition) is 1. The van der Waals surface area contributed by atoms with Crippen LogP contribution >= 0.6 is 0 Å². The third kappa shape index (κ3) is 2.02. The van der Waals surface area contributed by atoms with Crippen molar-refractivity contribution in [3.8, 4) is 0 Å². The van der Waals surface area contributed by atoms with Crippen molar-refractivity contribution in [1.29, 1.82) is 0 Å². The largest absolute Gasteiger partial charge is 0.480 e. The highest BCUT2D eigenvalue weighted by molar-refractivity contribution is 6.80. The molecule has 0 aromatic heterocycles. The van der Waals surface area contributed by atoms with Crippen LogP contribution in [0.4, 0.5) is 0 Å². The third-order valence-corrected chi connectivity index (χ3v) is 10.7. The number of rotatable bonds is 3. The van der Waals surface area contributed by atoms with E-state index in [4.69, 9.17) is 0 Å². The number of carboxylic acids is 1. The quantitative estimate of drug-likeness (QED) is 0.640. The molecule has 1 rings (SSSR count). The summed E-state index contributed by atoms with van der Waals surface area (Å²) < 4.78 is 1.70. The summed E-state index contributed by atoms with van der Waals surface area (Å²) >= 11 is 0. The normalized spacial score (nSPS) is 28.6. The van der Waals surface area contributed by atoms with Crippen molar-refractivity contribution < 1.29 is 14.7 Å². The van der Waals surface area contributed by atoms with Gasteiger partial charge in [-0.3, -0.25) is 4.79 Å². The molecule has 1 aliphatic rings. The molecule has 4 nitrogen and oxygen atoms in total. The van der Waals surface area contributed by atoms with E-state index in [0.717, 1.165) is 0 Å². The SMILES string of the molecule is CC(C)[C@@]1(C)C(=O)N([Si](C)(C)C(C)(C)C)[C@@H]1C(=O)O. The number of carboxylic acid groups (broad SMARTS) is 1. The van der Waals surface area contributed by atoms with Gasteiger partial charge in [0, 0.05) is 0 Å². The second kappa shape index (κ2) is 4.33. The molecule has 0 bridgehead atoms. The van der Waals surface area contributed by atoms with Crippen LogP contribution in [0.25, 0.3) is 0 Å². The molecule has 0 radical (unpaired) electrons. The maximum absolute atomic E-state index is 12.6. The average Bonchev–Trinajstić information content (AvgIpc) is 2.20. The summed E-state index contributed by atoms with van der Waals surface area (Å²) in [7, 11) is -2.14. The highest BCUT2D eigenvalue weighted by Gasteiger charge is 2.67. The topological polar surface area (TPSA) is 57.6 Å². The Morgan fingerprint density at radius 2 is 1.79 bits per heavy atom. The minimum atomic E-state index is -2.14. The van der Waals surface area contributed by atoms with Gasteiger partial charge in [0.25, 0.3) is 0 Å². The Hall–Kier alpha value is -0.843. The molecular formula is C14H27NO3Si. The van der Waals surface area contributed by atoms with Crippen LogP contribution in [0.1, 0.15) is 41.5 Å². The van der Waals surface area contributed by atoms with Crippen molar-refractivity contribution in [1.82, 2.24) is 4.57 Å². The zero-order valence-corrected chi connectivity index (χ0v) is 14.4. The first-order valence-corrected chi connectivity index (χ1v) is 9.81. The first kappa shape index (κ1) is 16.2. The first-order valence-electron chi connectivity index (χ1n) is 6.86. The Morgan fingerprint density at radius 3 is 2.05 bits per heavy atom. The van der Waals surface area contributed by atoms with Crippen molar-refractivity contribution in [3.63, 3.8) is 0 Å². The molecule has 2 atom stereocenters. The summed E-state index contributed by atoms with van der Waals surface area (Å²) in [6.07, 6.45) is 0. The van der Waals surface area contributed by atoms with Crippen molar-refractivity contribution in [2.45, 2.75) is 65.7 Å². The van der Waals surface area contributed by atoms with Gasteiger partial charge in [-0.15, -0.1) is 0 Å². The van der Waals surface area contributed by atoms with Gasteiger partial charge in [0.2, 0.25) is 5.91 Å². The van der Waals surface area contributed by atoms with Gasteiger partial charge < -0.3 is 9.67 Å². The van der Waals surface area contributed by atoms with Gasteiger partial charge in [-0.2, -0.15) is 0 Å². The smallest absolute Gasteiger partial charge is 0.326 e. The predicted octanol–water partition coefficient (Wildman–Crippen LogP) is 2.95. The van der Waals surface area contributed by atoms with Gasteiger partial charge in [0.05, 0.1) is 5.41 Å². The van der Waals surface area contributed by atoms with E-state index in [-0.39, 0.29) is 16.9 Å². The maximum atomic E-state index is 12.6. The molecule has 0 unspecified atom stereocenters. The van der Waals surface area contributed by atoms with Gasteiger partial charge in [0.15, 0.2) is 8.24 Å². The maximum Gasteiger partial charge on any atom is 0.326 e. The summed E-state index contributed by atoms with van der Waals surface area (Å²) in [5, 5.41) is 9.52. The van der Waals surface area contributed by atoms with Gasteiger partial charge in [-0.05, 0) is 17.9 Å². The monoisotopic (exact) mass is 285 g/mol. The van der Waals surface area contributed by atoms with Crippen LogP contribution in [0.15, 0.2) is 0 Å². The fourth-order valence-electron chi connectivity index (χ4n) is 2.56. The van der Waals surface area contributed by atoms with E-state index in [9.17, 15) is 14.7 Å². The van der Waals surface area contributed by atoms with Gasteiger partial charge in [-0.1, -0.05) is 47.7 Å². The lowest BCUT2D eigenvalue weighted by Gasteiger charge is -2.62. The molecule has 1 N–H and O–H groups in total. The zero-order chi connectivity index (χ0) is 15.4. The van der Waals surface area contributed by atoms with Crippen molar-refractivity contribution in [3.05, 3.63) is 0 Å². The highest BCUT2D eigenvalue weighted by Crippen LogP contribution is 2.52. The van der Waals surface area contributed by atoms with Crippen LogP contribution in [0.3, 0.4) is 0 Å². The Balaban J connectivity index is 3.27. The number of carbonyl (C=O) groups is 2. The molecule has 1 amide bonds. The summed E-state index contributed by atoms with van der Waals surface area (Å²) in [6.45, 7) is 16.1. The fraction of sp³-hybridized carbons (Fsp3) is 0.857. The second-order valence-electron chi connectivity index (χ2n) is 7.66. The molecule has 0 spiro atoms. The standard InChI is InChI=1S/C14H27NO3Si/c1-9(2)14(6)10(11(16)17)15(12(14)18)19(7,8)13(3,4)5/h9-10H,1-8H3,(H,16,17)/t10-,14-/m1/s1. The van der Waals surface area contributed by atoms with E-state index in [1.807, 2.05) is 13.8 Å². The average molecular weight is 285 g/mol. The molecule has 19 heavy (non-hydrogen) atoms. The van der Waals surface area contributed by atoms with E-state index in [0.29, 0.717) is 0 Å². The summed E-state index contributed by atoms with van der Waals surface area (Å²) in [4.78, 5) is 24.3. The Labute approximate surface area is 117 Å². The van der Waals surface area contributed by atoms with Crippen molar-refractivity contribution >= 4 is 20.1 Å². The minimum Gasteiger partial charge on any atom is -0.480 e. The summed E-state index contributed by atoms with van der Waals surface area (Å²) in [5.41, 5.74) is -0.763. The zero-order valence-electron chi connectivity index (χ0n) is 13.4. The fourth-order valence-corrected chi connectivity index (χ4v) is 5.06. The van der Waals surface area contributed by atoms with Gasteiger partial charge in [-0.25, -0.2) is 4.79 Å². The lowest BCUT2D eigenvalue weighted by molar-refractivity contribution is -0.179. The molecule has 0 aromatic rings. The molecule has 1 fully saturated rings. The molecule has 1 saturated heterocycles. The number of nitrogens with zero attached hydrogens (tertiary/aromatic N) is 1. The van der Waals surface area contributed by atoms with E-state index >= 15 is 0 Å². The molecule has 0 aliphatic carbocycles. The van der Waals surface area contributed by atoms with Crippen LogP contribution in [-0.4, -0.2) is 35.8 Å². The van der Waals surface area contributed by atoms with Crippen LogP contribution in [0.5, 0.6) is 0 Å². The summed E-state index contributed by atoms with van der Waals surface area (Å²) in [6, 6.07) is -0.680. The third-order valence-electron chi connectivity index (χ3n) is 5.38. The minimum absolute atomic E-state index is 0.0153. The van der Waals surface area contributed by atoms with Crippen molar-refractivity contribution in [2.24, 2.45) is 11.3 Å². The Bertz CT molecular complexity index is 411. The Morgan fingerprint density at radius 1 is 1.37 bits per heavy atom. The van der Waals surface area contributed by atoms with E-state index < -0.39 is 25.7 Å². The van der Waals surface area contributed by atoms with E-state index in [1.165, 1.54) is 0 Å². The number of hydrogen-bond acceptors (Lipinski definition) is 2. The second-order valence-corrected chi connectivity index (χ2v) is 12.8. The number of β-lactam (4-membered cyclic amide) rings is 1. The van der Waals surface area contributed by atoms with Gasteiger partial charge in [0.1, 0.15) is 6.04 Å². The lowest BCUT2D eigenvalue weighted by Crippen LogP contribution is -2.80. The van der Waals surface area contributed by atoms with Crippen molar-refractivity contribution in [2.75, 3.05) is 0 Å².